The smallest absolute Gasteiger partial charge is 0.315 e. The van der Waals surface area contributed by atoms with Crippen molar-refractivity contribution in [3.05, 3.63) is 57.8 Å². The first-order valence-electron chi connectivity index (χ1n) is 7.33. The van der Waals surface area contributed by atoms with E-state index in [4.69, 9.17) is 0 Å². The van der Waals surface area contributed by atoms with Gasteiger partial charge < -0.3 is 15.5 Å². The Balaban J connectivity index is 1.81. The van der Waals surface area contributed by atoms with Crippen LogP contribution in [0.3, 0.4) is 0 Å². The summed E-state index contributed by atoms with van der Waals surface area (Å²) in [6.07, 6.45) is 0. The average molecular weight is 317 g/mol. The van der Waals surface area contributed by atoms with E-state index in [1.165, 1.54) is 10.4 Å². The molecule has 0 aliphatic heterocycles. The van der Waals surface area contributed by atoms with Crippen molar-refractivity contribution in [2.75, 3.05) is 20.6 Å². The Morgan fingerprint density at radius 1 is 1.23 bits per heavy atom. The number of carbonyl (C=O) groups is 1. The van der Waals surface area contributed by atoms with Crippen molar-refractivity contribution in [1.29, 1.82) is 0 Å². The van der Waals surface area contributed by atoms with Gasteiger partial charge in [0.1, 0.15) is 0 Å². The van der Waals surface area contributed by atoms with Gasteiger partial charge in [-0.05, 0) is 38.0 Å². The molecule has 2 rings (SSSR count). The maximum atomic E-state index is 12.0. The van der Waals surface area contributed by atoms with E-state index < -0.39 is 0 Å². The number of urea groups is 1. The van der Waals surface area contributed by atoms with Crippen LogP contribution in [0.1, 0.15) is 22.0 Å². The van der Waals surface area contributed by atoms with Crippen LogP contribution >= 0.6 is 11.3 Å². The molecule has 1 aromatic carbocycles. The van der Waals surface area contributed by atoms with Crippen molar-refractivity contribution < 1.29 is 4.79 Å². The van der Waals surface area contributed by atoms with Crippen LogP contribution in [0, 0.1) is 6.92 Å². The van der Waals surface area contributed by atoms with E-state index in [1.807, 2.05) is 45.3 Å². The van der Waals surface area contributed by atoms with E-state index in [9.17, 15) is 4.79 Å². The van der Waals surface area contributed by atoms with E-state index in [0.717, 1.165) is 5.56 Å². The summed E-state index contributed by atoms with van der Waals surface area (Å²) in [7, 11) is 4.05. The molecule has 2 aromatic rings. The Kier molecular flexibility index (Phi) is 5.98. The third kappa shape index (κ3) is 4.86. The second kappa shape index (κ2) is 7.96. The third-order valence-corrected chi connectivity index (χ3v) is 4.46. The van der Waals surface area contributed by atoms with E-state index in [0.29, 0.717) is 13.1 Å². The van der Waals surface area contributed by atoms with E-state index in [-0.39, 0.29) is 12.1 Å². The van der Waals surface area contributed by atoms with Crippen LogP contribution in [0.25, 0.3) is 0 Å². The highest BCUT2D eigenvalue weighted by molar-refractivity contribution is 7.10. The first kappa shape index (κ1) is 16.5. The van der Waals surface area contributed by atoms with Gasteiger partial charge in [-0.3, -0.25) is 0 Å². The number of nitrogens with one attached hydrogen (secondary N) is 2. The third-order valence-electron chi connectivity index (χ3n) is 3.49. The molecule has 0 aliphatic rings. The molecule has 0 saturated heterocycles. The predicted molar refractivity (Wildman–Crippen MR) is 92.2 cm³/mol. The maximum absolute atomic E-state index is 12.0. The van der Waals surface area contributed by atoms with Gasteiger partial charge in [0.25, 0.3) is 0 Å². The Hall–Kier alpha value is -1.85. The van der Waals surface area contributed by atoms with Gasteiger partial charge in [0.05, 0.1) is 6.04 Å². The lowest BCUT2D eigenvalue weighted by atomic mass is 10.1. The Morgan fingerprint density at radius 3 is 2.68 bits per heavy atom. The zero-order valence-electron chi connectivity index (χ0n) is 13.3. The molecule has 1 aromatic heterocycles. The fraction of sp³-hybridized carbons (Fsp3) is 0.353. The molecule has 2 N–H and O–H groups in total. The Morgan fingerprint density at radius 2 is 2.05 bits per heavy atom. The molecular formula is C17H23N3OS. The summed E-state index contributed by atoms with van der Waals surface area (Å²) in [5, 5.41) is 7.91. The average Bonchev–Trinajstić information content (AvgIpc) is 2.99. The molecule has 1 heterocycles. The molecule has 118 valence electrons. The molecule has 0 aliphatic carbocycles. The molecule has 0 spiro atoms. The van der Waals surface area contributed by atoms with Crippen molar-refractivity contribution in [2.45, 2.75) is 19.5 Å². The Labute approximate surface area is 136 Å². The number of hydrogen-bond acceptors (Lipinski definition) is 3. The molecular weight excluding hydrogens is 294 g/mol. The molecule has 0 radical (unpaired) electrons. The van der Waals surface area contributed by atoms with Gasteiger partial charge in [-0.1, -0.05) is 35.9 Å². The van der Waals surface area contributed by atoms with E-state index >= 15 is 0 Å². The number of carbonyl (C=O) groups excluding carboxylic acids is 1. The summed E-state index contributed by atoms with van der Waals surface area (Å²) in [6.45, 7) is 3.18. The molecule has 5 heteroatoms. The van der Waals surface area contributed by atoms with Crippen LogP contribution in [0.15, 0.2) is 41.8 Å². The topological polar surface area (TPSA) is 44.4 Å². The molecule has 1 atom stereocenters. The van der Waals surface area contributed by atoms with Gasteiger partial charge in [-0.2, -0.15) is 0 Å². The molecule has 2 amide bonds. The highest BCUT2D eigenvalue weighted by Crippen LogP contribution is 2.22. The number of nitrogens with zero attached hydrogens (tertiary/aromatic N) is 1. The summed E-state index contributed by atoms with van der Waals surface area (Å²) in [5.41, 5.74) is 2.31. The number of amides is 2. The Bertz CT molecular complexity index is 596. The van der Waals surface area contributed by atoms with Crippen molar-refractivity contribution in [2.24, 2.45) is 0 Å². The van der Waals surface area contributed by atoms with Crippen LogP contribution in [-0.4, -0.2) is 31.6 Å². The van der Waals surface area contributed by atoms with Crippen molar-refractivity contribution in [1.82, 2.24) is 15.5 Å². The molecule has 22 heavy (non-hydrogen) atoms. The summed E-state index contributed by atoms with van der Waals surface area (Å²) in [6, 6.07) is 12.3. The van der Waals surface area contributed by atoms with Crippen LogP contribution in [0.5, 0.6) is 0 Å². The summed E-state index contributed by atoms with van der Waals surface area (Å²) >= 11 is 1.71. The van der Waals surface area contributed by atoms with Crippen LogP contribution < -0.4 is 10.6 Å². The zero-order valence-corrected chi connectivity index (χ0v) is 14.1. The van der Waals surface area contributed by atoms with Crippen LogP contribution in [-0.2, 0) is 6.54 Å². The van der Waals surface area contributed by atoms with Gasteiger partial charge in [0.15, 0.2) is 0 Å². The minimum absolute atomic E-state index is 0.134. The second-order valence-electron chi connectivity index (χ2n) is 5.55. The number of thiophene rings is 1. The number of hydrogen-bond donors (Lipinski definition) is 2. The van der Waals surface area contributed by atoms with E-state index in [1.54, 1.807) is 11.3 Å². The summed E-state index contributed by atoms with van der Waals surface area (Å²) in [4.78, 5) is 15.3. The number of rotatable bonds is 6. The van der Waals surface area contributed by atoms with Gasteiger partial charge in [-0.25, -0.2) is 4.79 Å². The van der Waals surface area contributed by atoms with Crippen LogP contribution in [0.4, 0.5) is 4.79 Å². The minimum Gasteiger partial charge on any atom is -0.336 e. The summed E-state index contributed by atoms with van der Waals surface area (Å²) in [5.74, 6) is 0. The van der Waals surface area contributed by atoms with Crippen molar-refractivity contribution in [3.63, 3.8) is 0 Å². The maximum Gasteiger partial charge on any atom is 0.315 e. The van der Waals surface area contributed by atoms with Gasteiger partial charge in [0.2, 0.25) is 0 Å². The van der Waals surface area contributed by atoms with Crippen molar-refractivity contribution in [3.8, 4) is 0 Å². The minimum atomic E-state index is -0.134. The number of aryl methyl sites for hydroxylation is 1. The summed E-state index contributed by atoms with van der Waals surface area (Å²) < 4.78 is 0. The molecule has 0 bridgehead atoms. The van der Waals surface area contributed by atoms with E-state index in [2.05, 4.69) is 33.0 Å². The quantitative estimate of drug-likeness (QED) is 0.859. The normalized spacial score (nSPS) is 12.2. The largest absolute Gasteiger partial charge is 0.336 e. The lowest BCUT2D eigenvalue weighted by molar-refractivity contribution is 0.233. The fourth-order valence-corrected chi connectivity index (χ4v) is 3.20. The SMILES string of the molecule is Cc1cccc(CNC(=O)NCC(c2cccs2)N(C)C)c1. The molecule has 4 nitrogen and oxygen atoms in total. The number of likely N-dealkylation sites (N-methyl/N-ethyl adjacent to an activating group) is 1. The molecule has 0 saturated carbocycles. The highest BCUT2D eigenvalue weighted by atomic mass is 32.1. The van der Waals surface area contributed by atoms with Gasteiger partial charge in [-0.15, -0.1) is 11.3 Å². The molecule has 0 fully saturated rings. The highest BCUT2D eigenvalue weighted by Gasteiger charge is 2.15. The van der Waals surface area contributed by atoms with Gasteiger partial charge >= 0.3 is 6.03 Å². The predicted octanol–water partition coefficient (Wildman–Crippen LogP) is 3.16. The second-order valence-corrected chi connectivity index (χ2v) is 6.53. The first-order valence-corrected chi connectivity index (χ1v) is 8.21. The first-order chi connectivity index (χ1) is 10.6. The lowest BCUT2D eigenvalue weighted by Gasteiger charge is -2.23. The lowest BCUT2D eigenvalue weighted by Crippen LogP contribution is -2.40. The zero-order chi connectivity index (χ0) is 15.9. The van der Waals surface area contributed by atoms with Crippen LogP contribution in [0.2, 0.25) is 0 Å². The molecule has 1 unspecified atom stereocenters. The van der Waals surface area contributed by atoms with Crippen molar-refractivity contribution >= 4 is 17.4 Å². The number of benzene rings is 1. The van der Waals surface area contributed by atoms with Gasteiger partial charge in [0, 0.05) is 18.0 Å². The standard InChI is InChI=1S/C17H23N3OS/c1-13-6-4-7-14(10-13)11-18-17(21)19-12-15(20(2)3)16-8-5-9-22-16/h4-10,15H,11-12H2,1-3H3,(H2,18,19,21). The monoisotopic (exact) mass is 317 g/mol. The fourth-order valence-electron chi connectivity index (χ4n) is 2.27.